The smallest absolute Gasteiger partial charge is 0.325 e. The molecule has 0 saturated carbocycles. The first-order chi connectivity index (χ1) is 13.2. The van der Waals surface area contributed by atoms with Crippen LogP contribution in [0.5, 0.6) is 11.5 Å². The van der Waals surface area contributed by atoms with Crippen molar-refractivity contribution < 1.29 is 14.3 Å². The van der Waals surface area contributed by atoms with Crippen LogP contribution in [0.15, 0.2) is 48.5 Å². The second kappa shape index (κ2) is 9.00. The van der Waals surface area contributed by atoms with Crippen LogP contribution in [0.3, 0.4) is 0 Å². The number of hydrogen-bond acceptors (Lipinski definition) is 6. The van der Waals surface area contributed by atoms with E-state index < -0.39 is 6.03 Å². The Hall–Kier alpha value is -3.13. The van der Waals surface area contributed by atoms with Gasteiger partial charge in [0.15, 0.2) is 5.01 Å². The lowest BCUT2D eigenvalue weighted by molar-refractivity contribution is 0.262. The van der Waals surface area contributed by atoms with Crippen LogP contribution in [-0.2, 0) is 13.0 Å². The number of carbonyl (C=O) groups is 1. The van der Waals surface area contributed by atoms with Gasteiger partial charge < -0.3 is 14.8 Å². The number of nitrogens with one attached hydrogen (secondary N) is 2. The topological polar surface area (TPSA) is 85.4 Å². The molecular formula is C19H20N4O3S. The summed E-state index contributed by atoms with van der Waals surface area (Å²) in [6, 6.07) is 14.6. The lowest BCUT2D eigenvalue weighted by Crippen LogP contribution is -2.19. The Morgan fingerprint density at radius 2 is 1.89 bits per heavy atom. The summed E-state index contributed by atoms with van der Waals surface area (Å²) in [5, 5.41) is 14.4. The van der Waals surface area contributed by atoms with Gasteiger partial charge in [-0.1, -0.05) is 36.5 Å². The van der Waals surface area contributed by atoms with E-state index in [1.54, 1.807) is 31.4 Å². The Labute approximate surface area is 161 Å². The van der Waals surface area contributed by atoms with Crippen LogP contribution in [0.25, 0.3) is 0 Å². The van der Waals surface area contributed by atoms with Crippen LogP contribution < -0.4 is 20.1 Å². The number of methoxy groups -OCH3 is 1. The fourth-order valence-electron chi connectivity index (χ4n) is 2.29. The Kier molecular flexibility index (Phi) is 6.22. The average molecular weight is 384 g/mol. The van der Waals surface area contributed by atoms with Crippen molar-refractivity contribution in [2.24, 2.45) is 0 Å². The lowest BCUT2D eigenvalue weighted by atomic mass is 10.2. The first-order valence-electron chi connectivity index (χ1n) is 8.42. The standard InChI is InChI=1S/C19H20N4O3S/c1-3-13-7-9-15(10-8-13)26-12-17-22-23-19(27-17)21-18(24)20-14-5-4-6-16(11-14)25-2/h4-11H,3,12H2,1-2H3,(H2,20,21,23,24). The van der Waals surface area contributed by atoms with E-state index in [0.717, 1.165) is 12.2 Å². The lowest BCUT2D eigenvalue weighted by Gasteiger charge is -2.06. The predicted octanol–water partition coefficient (Wildman–Crippen LogP) is 4.33. The van der Waals surface area contributed by atoms with Crippen molar-refractivity contribution in [3.8, 4) is 11.5 Å². The summed E-state index contributed by atoms with van der Waals surface area (Å²) in [6.07, 6.45) is 0.990. The van der Waals surface area contributed by atoms with Crippen molar-refractivity contribution in [2.45, 2.75) is 20.0 Å². The minimum atomic E-state index is -0.401. The van der Waals surface area contributed by atoms with Gasteiger partial charge in [0.05, 0.1) is 7.11 Å². The summed E-state index contributed by atoms with van der Waals surface area (Å²) in [5.74, 6) is 1.43. The number of amides is 2. The highest BCUT2D eigenvalue weighted by Crippen LogP contribution is 2.20. The van der Waals surface area contributed by atoms with Gasteiger partial charge in [-0.3, -0.25) is 5.32 Å². The molecule has 0 saturated heterocycles. The molecule has 0 unspecified atom stereocenters. The molecule has 0 aliphatic heterocycles. The van der Waals surface area contributed by atoms with E-state index in [1.807, 2.05) is 24.3 Å². The van der Waals surface area contributed by atoms with Crippen molar-refractivity contribution in [3.63, 3.8) is 0 Å². The maximum Gasteiger partial charge on any atom is 0.325 e. The molecule has 0 bridgehead atoms. The number of nitrogens with zero attached hydrogens (tertiary/aromatic N) is 2. The van der Waals surface area contributed by atoms with E-state index in [9.17, 15) is 4.79 Å². The van der Waals surface area contributed by atoms with Gasteiger partial charge in [-0.15, -0.1) is 10.2 Å². The minimum absolute atomic E-state index is 0.294. The zero-order valence-corrected chi connectivity index (χ0v) is 15.9. The molecule has 1 aromatic heterocycles. The number of rotatable bonds is 7. The number of carbonyl (C=O) groups excluding carboxylic acids is 1. The third kappa shape index (κ3) is 5.42. The van der Waals surface area contributed by atoms with Crippen LogP contribution in [0, 0.1) is 0 Å². The molecular weight excluding hydrogens is 364 g/mol. The van der Waals surface area contributed by atoms with Crippen molar-refractivity contribution in [1.29, 1.82) is 0 Å². The van der Waals surface area contributed by atoms with E-state index in [1.165, 1.54) is 16.9 Å². The highest BCUT2D eigenvalue weighted by atomic mass is 32.1. The zero-order valence-electron chi connectivity index (χ0n) is 15.1. The first-order valence-corrected chi connectivity index (χ1v) is 9.24. The second-order valence-electron chi connectivity index (χ2n) is 5.60. The molecule has 3 aromatic rings. The summed E-state index contributed by atoms with van der Waals surface area (Å²) >= 11 is 1.26. The van der Waals surface area contributed by atoms with Crippen LogP contribution >= 0.6 is 11.3 Å². The molecule has 7 nitrogen and oxygen atoms in total. The Morgan fingerprint density at radius 3 is 2.63 bits per heavy atom. The van der Waals surface area contributed by atoms with E-state index in [4.69, 9.17) is 9.47 Å². The minimum Gasteiger partial charge on any atom is -0.497 e. The maximum atomic E-state index is 12.1. The Bertz CT molecular complexity index is 896. The van der Waals surface area contributed by atoms with Crippen LogP contribution in [0.4, 0.5) is 15.6 Å². The number of hydrogen-bond donors (Lipinski definition) is 2. The first kappa shape index (κ1) is 18.7. The quantitative estimate of drug-likeness (QED) is 0.633. The maximum absolute atomic E-state index is 12.1. The second-order valence-corrected chi connectivity index (χ2v) is 6.66. The number of benzene rings is 2. The summed E-state index contributed by atoms with van der Waals surface area (Å²) in [6.45, 7) is 2.40. The number of ether oxygens (including phenoxy) is 2. The molecule has 2 N–H and O–H groups in total. The van der Waals surface area contributed by atoms with Gasteiger partial charge in [0.2, 0.25) is 5.13 Å². The van der Waals surface area contributed by atoms with E-state index in [0.29, 0.717) is 28.2 Å². The van der Waals surface area contributed by atoms with E-state index >= 15 is 0 Å². The SMILES string of the molecule is CCc1ccc(OCc2nnc(NC(=O)Nc3cccc(OC)c3)s2)cc1. The van der Waals surface area contributed by atoms with Gasteiger partial charge >= 0.3 is 6.03 Å². The zero-order chi connectivity index (χ0) is 19.1. The van der Waals surface area contributed by atoms with Gasteiger partial charge in [-0.2, -0.15) is 0 Å². The van der Waals surface area contributed by atoms with Gasteiger partial charge in [0.1, 0.15) is 18.1 Å². The number of anilines is 2. The summed E-state index contributed by atoms with van der Waals surface area (Å²) in [4.78, 5) is 12.1. The molecule has 2 amide bonds. The molecule has 27 heavy (non-hydrogen) atoms. The summed E-state index contributed by atoms with van der Waals surface area (Å²) in [5.41, 5.74) is 1.88. The summed E-state index contributed by atoms with van der Waals surface area (Å²) < 4.78 is 10.8. The monoisotopic (exact) mass is 384 g/mol. The predicted molar refractivity (Wildman–Crippen MR) is 106 cm³/mol. The molecule has 140 valence electrons. The largest absolute Gasteiger partial charge is 0.497 e. The molecule has 0 aliphatic rings. The molecule has 1 heterocycles. The molecule has 0 fully saturated rings. The van der Waals surface area contributed by atoms with E-state index in [-0.39, 0.29) is 0 Å². The average Bonchev–Trinajstić information content (AvgIpc) is 3.14. The molecule has 2 aromatic carbocycles. The Balaban J connectivity index is 1.51. The molecule has 0 spiro atoms. The van der Waals surface area contributed by atoms with Crippen molar-refractivity contribution in [1.82, 2.24) is 10.2 Å². The van der Waals surface area contributed by atoms with Gasteiger partial charge in [-0.25, -0.2) is 4.79 Å². The number of aryl methyl sites for hydroxylation is 1. The number of aromatic nitrogens is 2. The highest BCUT2D eigenvalue weighted by Gasteiger charge is 2.09. The van der Waals surface area contributed by atoms with Gasteiger partial charge in [0.25, 0.3) is 0 Å². The van der Waals surface area contributed by atoms with Crippen LogP contribution in [0.2, 0.25) is 0 Å². The number of urea groups is 1. The normalized spacial score (nSPS) is 10.3. The third-order valence-corrected chi connectivity index (χ3v) is 4.52. The fourth-order valence-corrected chi connectivity index (χ4v) is 2.94. The van der Waals surface area contributed by atoms with Gasteiger partial charge in [-0.05, 0) is 36.2 Å². The van der Waals surface area contributed by atoms with Crippen molar-refractivity contribution in [3.05, 3.63) is 59.1 Å². The van der Waals surface area contributed by atoms with Gasteiger partial charge in [0, 0.05) is 11.8 Å². The molecule has 3 rings (SSSR count). The van der Waals surface area contributed by atoms with E-state index in [2.05, 4.69) is 27.8 Å². The molecule has 0 radical (unpaired) electrons. The third-order valence-electron chi connectivity index (χ3n) is 3.71. The van der Waals surface area contributed by atoms with Crippen molar-refractivity contribution in [2.75, 3.05) is 17.7 Å². The van der Waals surface area contributed by atoms with Crippen LogP contribution in [-0.4, -0.2) is 23.3 Å². The Morgan fingerprint density at radius 1 is 1.07 bits per heavy atom. The van der Waals surface area contributed by atoms with Crippen molar-refractivity contribution >= 4 is 28.2 Å². The molecule has 0 atom stereocenters. The molecule has 8 heteroatoms. The van der Waals surface area contributed by atoms with Crippen LogP contribution in [0.1, 0.15) is 17.5 Å². The molecule has 0 aliphatic carbocycles. The summed E-state index contributed by atoms with van der Waals surface area (Å²) in [7, 11) is 1.57. The fraction of sp³-hybridized carbons (Fsp3) is 0.211. The highest BCUT2D eigenvalue weighted by molar-refractivity contribution is 7.15.